The molecular formula is C23H34N6O. The second-order valence-electron chi connectivity index (χ2n) is 8.73. The first-order chi connectivity index (χ1) is 14.7. The number of likely N-dealkylation sites (N-methyl/N-ethyl adjacent to an activating group) is 1. The van der Waals surface area contributed by atoms with E-state index < -0.39 is 0 Å². The Morgan fingerprint density at radius 3 is 2.77 bits per heavy atom. The number of hydrogen-bond donors (Lipinski definition) is 0. The van der Waals surface area contributed by atoms with Gasteiger partial charge >= 0.3 is 0 Å². The molecule has 2 aliphatic rings. The zero-order valence-electron chi connectivity index (χ0n) is 18.1. The molecule has 0 aliphatic carbocycles. The van der Waals surface area contributed by atoms with Crippen LogP contribution in [0.15, 0.2) is 43.0 Å². The van der Waals surface area contributed by atoms with E-state index in [-0.39, 0.29) is 5.92 Å². The molecule has 1 amide bonds. The normalized spacial score (nSPS) is 21.6. The molecule has 2 aromatic rings. The van der Waals surface area contributed by atoms with Crippen LogP contribution in [0.2, 0.25) is 0 Å². The van der Waals surface area contributed by atoms with Gasteiger partial charge in [-0.1, -0.05) is 6.07 Å². The lowest BCUT2D eigenvalue weighted by atomic mass is 9.93. The lowest BCUT2D eigenvalue weighted by molar-refractivity contribution is -0.136. The highest BCUT2D eigenvalue weighted by Crippen LogP contribution is 2.25. The fraction of sp³-hybridized carbons (Fsp3) is 0.609. The smallest absolute Gasteiger partial charge is 0.226 e. The van der Waals surface area contributed by atoms with Crippen LogP contribution in [0.5, 0.6) is 0 Å². The number of nitrogens with zero attached hydrogens (tertiary/aromatic N) is 6. The van der Waals surface area contributed by atoms with Crippen molar-refractivity contribution in [1.82, 2.24) is 29.5 Å². The van der Waals surface area contributed by atoms with Gasteiger partial charge in [-0.3, -0.25) is 24.3 Å². The molecule has 0 N–H and O–H groups in total. The maximum atomic E-state index is 13.0. The Labute approximate surface area is 179 Å². The van der Waals surface area contributed by atoms with Crippen LogP contribution in [-0.2, 0) is 17.9 Å². The SMILES string of the molecule is CN(CCn1cccn1)C(=O)[C@H]1CCCN(C2CCN(Cc3cccnc3)CC2)C1. The van der Waals surface area contributed by atoms with Gasteiger partial charge in [0.1, 0.15) is 0 Å². The maximum absolute atomic E-state index is 13.0. The summed E-state index contributed by atoms with van der Waals surface area (Å²) in [6, 6.07) is 6.70. The third kappa shape index (κ3) is 5.46. The van der Waals surface area contributed by atoms with Crippen LogP contribution in [0.1, 0.15) is 31.2 Å². The number of carbonyl (C=O) groups is 1. The summed E-state index contributed by atoms with van der Waals surface area (Å²) in [5.74, 6) is 0.427. The van der Waals surface area contributed by atoms with Crippen molar-refractivity contribution in [3.05, 3.63) is 48.5 Å². The first kappa shape index (κ1) is 21.0. The quantitative estimate of drug-likeness (QED) is 0.700. The Balaban J connectivity index is 1.23. The summed E-state index contributed by atoms with van der Waals surface area (Å²) in [4.78, 5) is 24.2. The van der Waals surface area contributed by atoms with E-state index in [1.165, 1.54) is 18.4 Å². The zero-order valence-corrected chi connectivity index (χ0v) is 18.1. The van der Waals surface area contributed by atoms with Crippen molar-refractivity contribution in [2.24, 2.45) is 5.92 Å². The largest absolute Gasteiger partial charge is 0.344 e. The van der Waals surface area contributed by atoms with Gasteiger partial charge in [0.2, 0.25) is 5.91 Å². The maximum Gasteiger partial charge on any atom is 0.226 e. The molecule has 0 spiro atoms. The second-order valence-corrected chi connectivity index (χ2v) is 8.73. The Morgan fingerprint density at radius 1 is 1.17 bits per heavy atom. The molecule has 4 heterocycles. The Bertz CT molecular complexity index is 772. The number of rotatable bonds is 7. The molecule has 1 atom stereocenters. The number of amides is 1. The second kappa shape index (κ2) is 10.2. The first-order valence-corrected chi connectivity index (χ1v) is 11.3. The Morgan fingerprint density at radius 2 is 2.03 bits per heavy atom. The van der Waals surface area contributed by atoms with E-state index in [0.29, 0.717) is 18.5 Å². The fourth-order valence-electron chi connectivity index (χ4n) is 4.84. The van der Waals surface area contributed by atoms with Gasteiger partial charge in [-0.25, -0.2) is 0 Å². The fourth-order valence-corrected chi connectivity index (χ4v) is 4.84. The molecule has 7 heteroatoms. The summed E-state index contributed by atoms with van der Waals surface area (Å²) in [6.07, 6.45) is 12.0. The number of piperidine rings is 2. The van der Waals surface area contributed by atoms with Gasteiger partial charge in [-0.15, -0.1) is 0 Å². The summed E-state index contributed by atoms with van der Waals surface area (Å²) in [6.45, 7) is 6.75. The minimum atomic E-state index is 0.134. The van der Waals surface area contributed by atoms with Crippen molar-refractivity contribution >= 4 is 5.91 Å². The van der Waals surface area contributed by atoms with Crippen LogP contribution in [0.4, 0.5) is 0 Å². The van der Waals surface area contributed by atoms with Crippen molar-refractivity contribution in [3.8, 4) is 0 Å². The third-order valence-corrected chi connectivity index (χ3v) is 6.60. The molecule has 7 nitrogen and oxygen atoms in total. The van der Waals surface area contributed by atoms with Crippen molar-refractivity contribution in [2.75, 3.05) is 39.8 Å². The highest BCUT2D eigenvalue weighted by atomic mass is 16.2. The van der Waals surface area contributed by atoms with Gasteiger partial charge < -0.3 is 4.90 Å². The zero-order chi connectivity index (χ0) is 20.8. The topological polar surface area (TPSA) is 57.5 Å². The lowest BCUT2D eigenvalue weighted by Gasteiger charge is -2.42. The van der Waals surface area contributed by atoms with Crippen LogP contribution >= 0.6 is 0 Å². The molecule has 162 valence electrons. The van der Waals surface area contributed by atoms with E-state index in [0.717, 1.165) is 52.1 Å². The minimum Gasteiger partial charge on any atom is -0.344 e. The van der Waals surface area contributed by atoms with Crippen molar-refractivity contribution in [3.63, 3.8) is 0 Å². The molecule has 0 unspecified atom stereocenters. The molecular weight excluding hydrogens is 376 g/mol. The number of carbonyl (C=O) groups excluding carboxylic acids is 1. The van der Waals surface area contributed by atoms with E-state index in [1.807, 2.05) is 47.4 Å². The number of likely N-dealkylation sites (tertiary alicyclic amines) is 2. The number of pyridine rings is 1. The van der Waals surface area contributed by atoms with Crippen LogP contribution in [-0.4, -0.2) is 81.2 Å². The van der Waals surface area contributed by atoms with E-state index in [4.69, 9.17) is 0 Å². The molecule has 2 aromatic heterocycles. The van der Waals surface area contributed by atoms with Gasteiger partial charge in [0.25, 0.3) is 0 Å². The predicted molar refractivity (Wildman–Crippen MR) is 117 cm³/mol. The third-order valence-electron chi connectivity index (χ3n) is 6.60. The van der Waals surface area contributed by atoms with E-state index in [2.05, 4.69) is 25.9 Å². The van der Waals surface area contributed by atoms with Crippen molar-refractivity contribution < 1.29 is 4.79 Å². The average molecular weight is 411 g/mol. The van der Waals surface area contributed by atoms with Gasteiger partial charge in [0, 0.05) is 57.5 Å². The van der Waals surface area contributed by atoms with Crippen LogP contribution < -0.4 is 0 Å². The van der Waals surface area contributed by atoms with Gasteiger partial charge in [0.05, 0.1) is 12.5 Å². The highest BCUT2D eigenvalue weighted by molar-refractivity contribution is 5.78. The van der Waals surface area contributed by atoms with E-state index >= 15 is 0 Å². The van der Waals surface area contributed by atoms with Crippen molar-refractivity contribution in [2.45, 2.75) is 44.8 Å². The van der Waals surface area contributed by atoms with Gasteiger partial charge in [0.15, 0.2) is 0 Å². The molecule has 0 radical (unpaired) electrons. The van der Waals surface area contributed by atoms with Crippen LogP contribution in [0.3, 0.4) is 0 Å². The summed E-state index contributed by atoms with van der Waals surface area (Å²) in [5, 5.41) is 4.23. The Kier molecular flexibility index (Phi) is 7.12. The van der Waals surface area contributed by atoms with Gasteiger partial charge in [-0.2, -0.15) is 5.10 Å². The predicted octanol–water partition coefficient (Wildman–Crippen LogP) is 2.11. The Hall–Kier alpha value is -2.25. The van der Waals surface area contributed by atoms with Gasteiger partial charge in [-0.05, 0) is 63.0 Å². The molecule has 2 fully saturated rings. The molecule has 0 bridgehead atoms. The molecule has 2 saturated heterocycles. The average Bonchev–Trinajstić information content (AvgIpc) is 3.32. The highest BCUT2D eigenvalue weighted by Gasteiger charge is 2.32. The minimum absolute atomic E-state index is 0.134. The van der Waals surface area contributed by atoms with E-state index in [1.54, 1.807) is 6.20 Å². The van der Waals surface area contributed by atoms with Crippen LogP contribution in [0.25, 0.3) is 0 Å². The van der Waals surface area contributed by atoms with Crippen molar-refractivity contribution in [1.29, 1.82) is 0 Å². The molecule has 2 aliphatic heterocycles. The molecule has 0 aromatic carbocycles. The van der Waals surface area contributed by atoms with E-state index in [9.17, 15) is 4.79 Å². The number of aromatic nitrogens is 3. The molecule has 4 rings (SSSR count). The molecule has 0 saturated carbocycles. The van der Waals surface area contributed by atoms with Crippen LogP contribution in [0, 0.1) is 5.92 Å². The first-order valence-electron chi connectivity index (χ1n) is 11.3. The summed E-state index contributed by atoms with van der Waals surface area (Å²) in [7, 11) is 1.93. The summed E-state index contributed by atoms with van der Waals surface area (Å²) in [5.41, 5.74) is 1.29. The number of hydrogen-bond acceptors (Lipinski definition) is 5. The molecule has 30 heavy (non-hydrogen) atoms. The summed E-state index contributed by atoms with van der Waals surface area (Å²) >= 11 is 0. The lowest BCUT2D eigenvalue weighted by Crippen LogP contribution is -2.51. The standard InChI is InChI=1S/C23H34N6O/c1-26(15-16-29-12-4-10-25-29)23(30)21-6-3-11-28(19-21)22-7-13-27(14-8-22)18-20-5-2-9-24-17-20/h2,4-5,9-10,12,17,21-22H,3,6-8,11,13-16,18-19H2,1H3/t21-/m0/s1. The monoisotopic (exact) mass is 410 g/mol. The summed E-state index contributed by atoms with van der Waals surface area (Å²) < 4.78 is 1.89.